The van der Waals surface area contributed by atoms with Crippen molar-refractivity contribution >= 4 is 11.7 Å². The predicted molar refractivity (Wildman–Crippen MR) is 60.5 cm³/mol. The van der Waals surface area contributed by atoms with Crippen LogP contribution in [0.2, 0.25) is 0 Å². The number of carbonyl (C=O) groups is 1. The Balaban J connectivity index is 2.27. The minimum Gasteiger partial charge on any atom is -0.480 e. The zero-order valence-electron chi connectivity index (χ0n) is 8.91. The van der Waals surface area contributed by atoms with Gasteiger partial charge in [0.1, 0.15) is 0 Å². The van der Waals surface area contributed by atoms with Gasteiger partial charge in [-0.2, -0.15) is 0 Å². The summed E-state index contributed by atoms with van der Waals surface area (Å²) in [7, 11) is 0. The smallest absolute Gasteiger partial charge is 0.329 e. The second kappa shape index (κ2) is 4.53. The van der Waals surface area contributed by atoms with E-state index in [1.807, 2.05) is 30.3 Å². The molecule has 0 radical (unpaired) electrons. The van der Waals surface area contributed by atoms with Crippen molar-refractivity contribution in [1.29, 1.82) is 0 Å². The number of rotatable bonds is 2. The topological polar surface area (TPSA) is 60.8 Å². The molecular weight excluding hydrogens is 206 g/mol. The van der Waals surface area contributed by atoms with E-state index in [-0.39, 0.29) is 0 Å². The molecule has 2 unspecified atom stereocenters. The molecule has 0 bridgehead atoms. The van der Waals surface area contributed by atoms with Crippen LogP contribution in [0, 0.1) is 0 Å². The van der Waals surface area contributed by atoms with Gasteiger partial charge in [0.05, 0.1) is 6.10 Å². The number of carboxylic acids is 1. The highest BCUT2D eigenvalue weighted by Gasteiger charge is 2.35. The highest BCUT2D eigenvalue weighted by molar-refractivity contribution is 5.79. The lowest BCUT2D eigenvalue weighted by Gasteiger charge is -2.37. The highest BCUT2D eigenvalue weighted by Crippen LogP contribution is 2.24. The van der Waals surface area contributed by atoms with Gasteiger partial charge in [-0.3, -0.25) is 0 Å². The van der Waals surface area contributed by atoms with Crippen LogP contribution in [-0.4, -0.2) is 34.9 Å². The van der Waals surface area contributed by atoms with Crippen molar-refractivity contribution in [1.82, 2.24) is 0 Å². The fourth-order valence-corrected chi connectivity index (χ4v) is 2.18. The third kappa shape index (κ3) is 2.02. The van der Waals surface area contributed by atoms with Gasteiger partial charge < -0.3 is 15.1 Å². The first-order chi connectivity index (χ1) is 7.70. The average Bonchev–Trinajstić information content (AvgIpc) is 2.29. The lowest BCUT2D eigenvalue weighted by molar-refractivity contribution is -0.142. The number of carboxylic acid groups (broad SMARTS) is 1. The molecule has 0 aliphatic carbocycles. The van der Waals surface area contributed by atoms with E-state index in [0.29, 0.717) is 13.0 Å². The van der Waals surface area contributed by atoms with Crippen LogP contribution in [0.25, 0.3) is 0 Å². The third-order valence-corrected chi connectivity index (χ3v) is 2.94. The molecule has 4 heteroatoms. The molecule has 1 saturated heterocycles. The van der Waals surface area contributed by atoms with E-state index in [9.17, 15) is 9.90 Å². The quantitative estimate of drug-likeness (QED) is 0.785. The molecule has 1 fully saturated rings. The molecule has 16 heavy (non-hydrogen) atoms. The lowest BCUT2D eigenvalue weighted by Crippen LogP contribution is -2.53. The van der Waals surface area contributed by atoms with E-state index in [2.05, 4.69) is 0 Å². The van der Waals surface area contributed by atoms with Gasteiger partial charge in [-0.05, 0) is 25.0 Å². The highest BCUT2D eigenvalue weighted by atomic mass is 16.4. The van der Waals surface area contributed by atoms with Gasteiger partial charge in [-0.15, -0.1) is 0 Å². The van der Waals surface area contributed by atoms with Crippen LogP contribution < -0.4 is 4.90 Å². The molecule has 2 N–H and O–H groups in total. The van der Waals surface area contributed by atoms with Gasteiger partial charge in [0.25, 0.3) is 0 Å². The molecule has 2 rings (SSSR count). The van der Waals surface area contributed by atoms with E-state index < -0.39 is 18.1 Å². The van der Waals surface area contributed by atoms with Crippen molar-refractivity contribution in [2.75, 3.05) is 11.4 Å². The number of benzene rings is 1. The molecule has 0 spiro atoms. The number of nitrogens with zero attached hydrogens (tertiary/aromatic N) is 1. The molecule has 0 aromatic heterocycles. The summed E-state index contributed by atoms with van der Waals surface area (Å²) in [5, 5.41) is 18.9. The molecule has 1 aromatic carbocycles. The standard InChI is InChI=1S/C12H15NO3/c14-10-7-4-8-13(11(10)12(15)16)9-5-2-1-3-6-9/h1-3,5-6,10-11,14H,4,7-8H2,(H,15,16). The molecule has 0 saturated carbocycles. The first kappa shape index (κ1) is 11.0. The summed E-state index contributed by atoms with van der Waals surface area (Å²) in [5.41, 5.74) is 0.855. The van der Waals surface area contributed by atoms with Crippen LogP contribution in [0.15, 0.2) is 30.3 Å². The Morgan fingerprint density at radius 1 is 1.31 bits per heavy atom. The maximum atomic E-state index is 11.1. The van der Waals surface area contributed by atoms with Crippen molar-refractivity contribution in [2.45, 2.75) is 25.0 Å². The third-order valence-electron chi connectivity index (χ3n) is 2.94. The molecule has 0 amide bonds. The van der Waals surface area contributed by atoms with Crippen molar-refractivity contribution in [3.63, 3.8) is 0 Å². The number of para-hydroxylation sites is 1. The number of hydrogen-bond donors (Lipinski definition) is 2. The molecule has 1 aliphatic rings. The second-order valence-electron chi connectivity index (χ2n) is 4.02. The largest absolute Gasteiger partial charge is 0.480 e. The second-order valence-corrected chi connectivity index (χ2v) is 4.02. The fourth-order valence-electron chi connectivity index (χ4n) is 2.18. The SMILES string of the molecule is O=C(O)C1C(O)CCCN1c1ccccc1. The fraction of sp³-hybridized carbons (Fsp3) is 0.417. The Kier molecular flexibility index (Phi) is 3.10. The van der Waals surface area contributed by atoms with E-state index in [1.54, 1.807) is 4.90 Å². The summed E-state index contributed by atoms with van der Waals surface area (Å²) in [4.78, 5) is 12.9. The predicted octanol–water partition coefficient (Wildman–Crippen LogP) is 1.10. The number of aliphatic hydroxyl groups excluding tert-OH is 1. The Bertz CT molecular complexity index is 366. The molecule has 86 valence electrons. The first-order valence-electron chi connectivity index (χ1n) is 5.42. The van der Waals surface area contributed by atoms with Crippen LogP contribution in [0.4, 0.5) is 5.69 Å². The Morgan fingerprint density at radius 3 is 2.62 bits per heavy atom. The molecule has 1 aliphatic heterocycles. The van der Waals surface area contributed by atoms with Crippen molar-refractivity contribution < 1.29 is 15.0 Å². The summed E-state index contributed by atoms with van der Waals surface area (Å²) >= 11 is 0. The summed E-state index contributed by atoms with van der Waals surface area (Å²) < 4.78 is 0. The zero-order chi connectivity index (χ0) is 11.5. The summed E-state index contributed by atoms with van der Waals surface area (Å²) in [6, 6.07) is 8.54. The van der Waals surface area contributed by atoms with Crippen molar-refractivity contribution in [3.8, 4) is 0 Å². The lowest BCUT2D eigenvalue weighted by atomic mass is 9.98. The number of aliphatic carboxylic acids is 1. The maximum Gasteiger partial charge on any atom is 0.329 e. The van der Waals surface area contributed by atoms with Crippen LogP contribution >= 0.6 is 0 Å². The average molecular weight is 221 g/mol. The summed E-state index contributed by atoms with van der Waals surface area (Å²) in [6.45, 7) is 0.679. The van der Waals surface area contributed by atoms with Gasteiger partial charge >= 0.3 is 5.97 Å². The molecule has 1 aromatic rings. The number of piperidine rings is 1. The van der Waals surface area contributed by atoms with Crippen LogP contribution in [0.5, 0.6) is 0 Å². The maximum absolute atomic E-state index is 11.1. The van der Waals surface area contributed by atoms with Gasteiger partial charge in [0, 0.05) is 12.2 Å². The van der Waals surface area contributed by atoms with Crippen molar-refractivity contribution in [2.24, 2.45) is 0 Å². The molecule has 2 atom stereocenters. The minimum absolute atomic E-state index is 0.556. The molecule has 4 nitrogen and oxygen atoms in total. The molecule has 1 heterocycles. The van der Waals surface area contributed by atoms with E-state index in [0.717, 1.165) is 12.1 Å². The van der Waals surface area contributed by atoms with Crippen LogP contribution in [0.3, 0.4) is 0 Å². The Labute approximate surface area is 94.1 Å². The normalized spacial score (nSPS) is 25.4. The zero-order valence-corrected chi connectivity index (χ0v) is 8.91. The van der Waals surface area contributed by atoms with E-state index in [1.165, 1.54) is 0 Å². The first-order valence-corrected chi connectivity index (χ1v) is 5.42. The van der Waals surface area contributed by atoms with Gasteiger partial charge in [0.2, 0.25) is 0 Å². The van der Waals surface area contributed by atoms with E-state index in [4.69, 9.17) is 5.11 Å². The minimum atomic E-state index is -0.962. The number of anilines is 1. The van der Waals surface area contributed by atoms with Gasteiger partial charge in [-0.25, -0.2) is 4.79 Å². The van der Waals surface area contributed by atoms with Gasteiger partial charge in [-0.1, -0.05) is 18.2 Å². The molecular formula is C12H15NO3. The van der Waals surface area contributed by atoms with E-state index >= 15 is 0 Å². The Hall–Kier alpha value is -1.55. The Morgan fingerprint density at radius 2 is 2.00 bits per heavy atom. The number of aliphatic hydroxyl groups is 1. The summed E-state index contributed by atoms with van der Waals surface area (Å²) in [6.07, 6.45) is 0.589. The van der Waals surface area contributed by atoms with Gasteiger partial charge in [0.15, 0.2) is 6.04 Å². The summed E-state index contributed by atoms with van der Waals surface area (Å²) in [5.74, 6) is -0.962. The van der Waals surface area contributed by atoms with Crippen molar-refractivity contribution in [3.05, 3.63) is 30.3 Å². The van der Waals surface area contributed by atoms with Crippen LogP contribution in [-0.2, 0) is 4.79 Å². The van der Waals surface area contributed by atoms with Crippen LogP contribution in [0.1, 0.15) is 12.8 Å². The monoisotopic (exact) mass is 221 g/mol. The number of hydrogen-bond acceptors (Lipinski definition) is 3.